The molecule has 0 aromatic carbocycles. The third-order valence-corrected chi connectivity index (χ3v) is 4.25. The van der Waals surface area contributed by atoms with E-state index < -0.39 is 0 Å². The van der Waals surface area contributed by atoms with Gasteiger partial charge < -0.3 is 5.11 Å². The molecule has 0 aromatic heterocycles. The van der Waals surface area contributed by atoms with Gasteiger partial charge in [-0.05, 0) is 42.4 Å². The van der Waals surface area contributed by atoms with Crippen LogP contribution in [0.3, 0.4) is 0 Å². The highest BCUT2D eigenvalue weighted by molar-refractivity contribution is 5.01. The minimum absolute atomic E-state index is 0.411. The standard InChI is InChI=1S/C10H18O/c1-10(2)8-4-3-7(5-8)9(10)6-11/h7-9,11H,3-6H2,1-2H3/t7-,8+,9+/m0/s1. The Kier molecular flexibility index (Phi) is 1.54. The molecule has 2 saturated carbocycles. The summed E-state index contributed by atoms with van der Waals surface area (Å²) in [6.07, 6.45) is 4.17. The van der Waals surface area contributed by atoms with Crippen molar-refractivity contribution >= 4 is 0 Å². The highest BCUT2D eigenvalue weighted by Crippen LogP contribution is 2.58. The van der Waals surface area contributed by atoms with E-state index in [1.165, 1.54) is 19.3 Å². The maximum absolute atomic E-state index is 9.22. The van der Waals surface area contributed by atoms with E-state index in [1.807, 2.05) is 0 Å². The minimum atomic E-state index is 0.411. The molecule has 3 atom stereocenters. The van der Waals surface area contributed by atoms with Gasteiger partial charge in [0, 0.05) is 6.61 Å². The van der Waals surface area contributed by atoms with E-state index in [9.17, 15) is 5.11 Å². The second kappa shape index (κ2) is 2.22. The second-order valence-corrected chi connectivity index (χ2v) is 4.88. The Morgan fingerprint density at radius 1 is 1.36 bits per heavy atom. The summed E-state index contributed by atoms with van der Waals surface area (Å²) in [7, 11) is 0. The van der Waals surface area contributed by atoms with E-state index in [1.54, 1.807) is 0 Å². The fourth-order valence-corrected chi connectivity index (χ4v) is 3.35. The van der Waals surface area contributed by atoms with Crippen molar-refractivity contribution in [2.75, 3.05) is 6.61 Å². The number of hydrogen-bond acceptors (Lipinski definition) is 1. The van der Waals surface area contributed by atoms with E-state index >= 15 is 0 Å². The molecule has 2 aliphatic rings. The van der Waals surface area contributed by atoms with Gasteiger partial charge in [-0.15, -0.1) is 0 Å². The number of hydrogen-bond donors (Lipinski definition) is 1. The van der Waals surface area contributed by atoms with Crippen molar-refractivity contribution in [3.05, 3.63) is 0 Å². The highest BCUT2D eigenvalue weighted by Gasteiger charge is 2.51. The molecule has 0 saturated heterocycles. The molecule has 1 nitrogen and oxygen atoms in total. The molecule has 1 N–H and O–H groups in total. The smallest absolute Gasteiger partial charge is 0.0467 e. The number of rotatable bonds is 1. The average Bonchev–Trinajstić information content (AvgIpc) is 2.44. The molecule has 0 aliphatic heterocycles. The van der Waals surface area contributed by atoms with Gasteiger partial charge in [0.1, 0.15) is 0 Å². The molecule has 0 aromatic rings. The van der Waals surface area contributed by atoms with Gasteiger partial charge in [-0.25, -0.2) is 0 Å². The van der Waals surface area contributed by atoms with Crippen LogP contribution in [0.2, 0.25) is 0 Å². The maximum Gasteiger partial charge on any atom is 0.0467 e. The molecule has 2 fully saturated rings. The van der Waals surface area contributed by atoms with Crippen LogP contribution < -0.4 is 0 Å². The fourth-order valence-electron chi connectivity index (χ4n) is 3.35. The predicted octanol–water partition coefficient (Wildman–Crippen LogP) is 2.05. The van der Waals surface area contributed by atoms with Crippen LogP contribution in [0.1, 0.15) is 33.1 Å². The summed E-state index contributed by atoms with van der Waals surface area (Å²) in [4.78, 5) is 0. The SMILES string of the molecule is CC1(C)[C@@H]2CC[C@@H](C2)[C@H]1CO. The Bertz CT molecular complexity index is 162. The second-order valence-electron chi connectivity index (χ2n) is 4.88. The molecule has 0 heterocycles. The lowest BCUT2D eigenvalue weighted by molar-refractivity contribution is 0.0638. The third-order valence-electron chi connectivity index (χ3n) is 4.25. The van der Waals surface area contributed by atoms with Gasteiger partial charge >= 0.3 is 0 Å². The van der Waals surface area contributed by atoms with Crippen LogP contribution in [-0.2, 0) is 0 Å². The lowest BCUT2D eigenvalue weighted by Gasteiger charge is -2.37. The van der Waals surface area contributed by atoms with Gasteiger partial charge in [0.25, 0.3) is 0 Å². The lowest BCUT2D eigenvalue weighted by atomic mass is 9.69. The molecule has 2 rings (SSSR count). The molecule has 11 heavy (non-hydrogen) atoms. The van der Waals surface area contributed by atoms with E-state index in [-0.39, 0.29) is 0 Å². The first-order valence-corrected chi connectivity index (χ1v) is 4.77. The lowest BCUT2D eigenvalue weighted by Crippen LogP contribution is -2.32. The maximum atomic E-state index is 9.22. The van der Waals surface area contributed by atoms with Crippen molar-refractivity contribution in [1.82, 2.24) is 0 Å². The molecule has 1 heteroatoms. The van der Waals surface area contributed by atoms with Gasteiger partial charge in [-0.3, -0.25) is 0 Å². The zero-order chi connectivity index (χ0) is 8.06. The Morgan fingerprint density at radius 2 is 2.09 bits per heavy atom. The molecule has 0 radical (unpaired) electrons. The van der Waals surface area contributed by atoms with Crippen LogP contribution in [-0.4, -0.2) is 11.7 Å². The van der Waals surface area contributed by atoms with Crippen LogP contribution in [0.25, 0.3) is 0 Å². The Hall–Kier alpha value is -0.0400. The molecular formula is C10H18O. The van der Waals surface area contributed by atoms with Crippen molar-refractivity contribution < 1.29 is 5.11 Å². The zero-order valence-corrected chi connectivity index (χ0v) is 7.51. The van der Waals surface area contributed by atoms with Gasteiger partial charge in [0.15, 0.2) is 0 Å². The Morgan fingerprint density at radius 3 is 2.45 bits per heavy atom. The van der Waals surface area contributed by atoms with Crippen molar-refractivity contribution in [3.63, 3.8) is 0 Å². The first-order chi connectivity index (χ1) is 5.16. The summed E-state index contributed by atoms with van der Waals surface area (Å²) >= 11 is 0. The van der Waals surface area contributed by atoms with Gasteiger partial charge in [-0.1, -0.05) is 13.8 Å². The summed E-state index contributed by atoms with van der Waals surface area (Å²) < 4.78 is 0. The van der Waals surface area contributed by atoms with Gasteiger partial charge in [0.2, 0.25) is 0 Å². The normalized spacial score (nSPS) is 46.6. The van der Waals surface area contributed by atoms with Crippen molar-refractivity contribution in [3.8, 4) is 0 Å². The van der Waals surface area contributed by atoms with Crippen LogP contribution >= 0.6 is 0 Å². The molecule has 2 bridgehead atoms. The van der Waals surface area contributed by atoms with Crippen LogP contribution in [0.5, 0.6) is 0 Å². The van der Waals surface area contributed by atoms with Crippen molar-refractivity contribution in [2.45, 2.75) is 33.1 Å². The molecular weight excluding hydrogens is 136 g/mol. The monoisotopic (exact) mass is 154 g/mol. The summed E-state index contributed by atoms with van der Waals surface area (Å²) in [5.41, 5.74) is 0.428. The third kappa shape index (κ3) is 0.868. The zero-order valence-electron chi connectivity index (χ0n) is 7.51. The highest BCUT2D eigenvalue weighted by atomic mass is 16.3. The largest absolute Gasteiger partial charge is 0.396 e. The average molecular weight is 154 g/mol. The first kappa shape index (κ1) is 7.60. The van der Waals surface area contributed by atoms with E-state index in [4.69, 9.17) is 0 Å². The summed E-state index contributed by atoms with van der Waals surface area (Å²) in [5.74, 6) is 2.35. The molecule has 2 aliphatic carbocycles. The number of fused-ring (bicyclic) bond motifs is 2. The summed E-state index contributed by atoms with van der Waals surface area (Å²) in [6.45, 7) is 5.07. The molecule has 0 amide bonds. The van der Waals surface area contributed by atoms with Crippen LogP contribution in [0, 0.1) is 23.2 Å². The first-order valence-electron chi connectivity index (χ1n) is 4.77. The van der Waals surface area contributed by atoms with E-state index in [2.05, 4.69) is 13.8 Å². The molecule has 0 spiro atoms. The van der Waals surface area contributed by atoms with Crippen molar-refractivity contribution in [2.24, 2.45) is 23.2 Å². The number of aliphatic hydroxyl groups excluding tert-OH is 1. The number of aliphatic hydroxyl groups is 1. The quantitative estimate of drug-likeness (QED) is 0.613. The minimum Gasteiger partial charge on any atom is -0.396 e. The molecule has 0 unspecified atom stereocenters. The fraction of sp³-hybridized carbons (Fsp3) is 1.00. The van der Waals surface area contributed by atoms with E-state index in [0.29, 0.717) is 17.9 Å². The van der Waals surface area contributed by atoms with Crippen LogP contribution in [0.15, 0.2) is 0 Å². The van der Waals surface area contributed by atoms with Gasteiger partial charge in [-0.2, -0.15) is 0 Å². The van der Waals surface area contributed by atoms with Crippen molar-refractivity contribution in [1.29, 1.82) is 0 Å². The Labute approximate surface area is 68.8 Å². The topological polar surface area (TPSA) is 20.2 Å². The van der Waals surface area contributed by atoms with E-state index in [0.717, 1.165) is 11.8 Å². The van der Waals surface area contributed by atoms with Crippen LogP contribution in [0.4, 0.5) is 0 Å². The Balaban J connectivity index is 2.21. The summed E-state index contributed by atoms with van der Waals surface area (Å²) in [5, 5.41) is 9.22. The van der Waals surface area contributed by atoms with Gasteiger partial charge in [0.05, 0.1) is 0 Å². The predicted molar refractivity (Wildman–Crippen MR) is 45.2 cm³/mol. The molecule has 64 valence electrons. The summed E-state index contributed by atoms with van der Waals surface area (Å²) in [6, 6.07) is 0.